The van der Waals surface area contributed by atoms with E-state index in [1.54, 1.807) is 44.2 Å². The van der Waals surface area contributed by atoms with Gasteiger partial charge in [-0.2, -0.15) is 0 Å². The number of aliphatic carboxylic acids is 1. The lowest BCUT2D eigenvalue weighted by Crippen LogP contribution is -2.46. The molecule has 0 heterocycles. The minimum absolute atomic E-state index is 0.0905. The molecule has 1 aromatic rings. The van der Waals surface area contributed by atoms with Gasteiger partial charge in [0.15, 0.2) is 0 Å². The van der Waals surface area contributed by atoms with Gasteiger partial charge in [-0.25, -0.2) is 17.5 Å². The van der Waals surface area contributed by atoms with E-state index in [0.29, 0.717) is 0 Å². The molecule has 0 unspecified atom stereocenters. The maximum absolute atomic E-state index is 12.0. The van der Waals surface area contributed by atoms with E-state index >= 15 is 0 Å². The fourth-order valence-electron chi connectivity index (χ4n) is 2.16. The van der Waals surface area contributed by atoms with E-state index in [-0.39, 0.29) is 19.5 Å². The number of nitrogens with one attached hydrogen (secondary N) is 1. The number of carboxylic acids is 1. The number of carbonyl (C=O) groups excluding carboxylic acids is 1. The van der Waals surface area contributed by atoms with Crippen molar-refractivity contribution in [3.63, 3.8) is 0 Å². The van der Waals surface area contributed by atoms with E-state index in [1.807, 2.05) is 0 Å². The average Bonchev–Trinajstić information content (AvgIpc) is 2.47. The molecule has 0 radical (unpaired) electrons. The lowest BCUT2D eigenvalue weighted by Gasteiger charge is -2.19. The molecular weight excluding hydrogens is 320 g/mol. The molecule has 2 N–H and O–H groups in total. The van der Waals surface area contributed by atoms with E-state index in [2.05, 4.69) is 5.32 Å². The van der Waals surface area contributed by atoms with Gasteiger partial charge in [-0.05, 0) is 5.56 Å². The normalized spacial score (nSPS) is 12.8. The Morgan fingerprint density at radius 1 is 1.17 bits per heavy atom. The van der Waals surface area contributed by atoms with Gasteiger partial charge in [0, 0.05) is 19.5 Å². The molecular formula is C15H22N2O5S. The van der Waals surface area contributed by atoms with Crippen molar-refractivity contribution in [2.24, 2.45) is 0 Å². The van der Waals surface area contributed by atoms with E-state index in [1.165, 1.54) is 4.31 Å². The van der Waals surface area contributed by atoms with E-state index < -0.39 is 33.7 Å². The van der Waals surface area contributed by atoms with Crippen LogP contribution < -0.4 is 5.32 Å². The first-order chi connectivity index (χ1) is 10.8. The van der Waals surface area contributed by atoms with Gasteiger partial charge in [0.2, 0.25) is 15.9 Å². The highest BCUT2D eigenvalue weighted by atomic mass is 32.2. The summed E-state index contributed by atoms with van der Waals surface area (Å²) in [6.07, 6.45) is 0.0905. The van der Waals surface area contributed by atoms with Crippen molar-refractivity contribution in [2.45, 2.75) is 26.3 Å². The zero-order chi connectivity index (χ0) is 17.5. The Morgan fingerprint density at radius 2 is 1.74 bits per heavy atom. The van der Waals surface area contributed by atoms with Gasteiger partial charge in [-0.1, -0.05) is 44.2 Å². The standard InChI is InChI=1S/C15H22N2O5S/c1-3-17(4-2)23(21,22)11-14(18)16-13(15(19)20)10-12-8-6-5-7-9-12/h5-9,13H,3-4,10-11H2,1-2H3,(H,16,18)(H,19,20)/t13-/m0/s1. The van der Waals surface area contributed by atoms with Crippen molar-refractivity contribution >= 4 is 21.9 Å². The summed E-state index contributed by atoms with van der Waals surface area (Å²) in [5, 5.41) is 11.5. The number of amides is 1. The molecule has 1 atom stereocenters. The fraction of sp³-hybridized carbons (Fsp3) is 0.467. The molecule has 1 rings (SSSR count). The summed E-state index contributed by atoms with van der Waals surface area (Å²) >= 11 is 0. The summed E-state index contributed by atoms with van der Waals surface area (Å²) < 4.78 is 25.2. The van der Waals surface area contributed by atoms with Crippen molar-refractivity contribution in [2.75, 3.05) is 18.8 Å². The molecule has 128 valence electrons. The first-order valence-electron chi connectivity index (χ1n) is 7.34. The Morgan fingerprint density at radius 3 is 2.22 bits per heavy atom. The zero-order valence-corrected chi connectivity index (χ0v) is 14.0. The van der Waals surface area contributed by atoms with Crippen LogP contribution >= 0.6 is 0 Å². The largest absolute Gasteiger partial charge is 0.480 e. The molecule has 0 saturated carbocycles. The zero-order valence-electron chi connectivity index (χ0n) is 13.2. The Balaban J connectivity index is 2.74. The first-order valence-corrected chi connectivity index (χ1v) is 8.95. The Bertz CT molecular complexity index is 627. The van der Waals surface area contributed by atoms with Crippen LogP contribution in [0.25, 0.3) is 0 Å². The van der Waals surface area contributed by atoms with Gasteiger partial charge in [0.25, 0.3) is 0 Å². The topological polar surface area (TPSA) is 104 Å². The summed E-state index contributed by atoms with van der Waals surface area (Å²) in [6.45, 7) is 3.87. The molecule has 8 heteroatoms. The van der Waals surface area contributed by atoms with Gasteiger partial charge < -0.3 is 10.4 Å². The number of hydrogen-bond donors (Lipinski definition) is 2. The third-order valence-corrected chi connectivity index (χ3v) is 5.26. The van der Waals surface area contributed by atoms with Crippen LogP contribution in [0.1, 0.15) is 19.4 Å². The third kappa shape index (κ3) is 5.99. The lowest BCUT2D eigenvalue weighted by molar-refractivity contribution is -0.141. The number of rotatable bonds is 9. The second-order valence-electron chi connectivity index (χ2n) is 4.99. The SMILES string of the molecule is CCN(CC)S(=O)(=O)CC(=O)N[C@@H](Cc1ccccc1)C(=O)O. The molecule has 0 aliphatic heterocycles. The summed E-state index contributed by atoms with van der Waals surface area (Å²) in [5.41, 5.74) is 0.742. The summed E-state index contributed by atoms with van der Waals surface area (Å²) in [6, 6.07) is 7.65. The van der Waals surface area contributed by atoms with Crippen LogP contribution in [0.2, 0.25) is 0 Å². The fourth-order valence-corrected chi connectivity index (χ4v) is 3.54. The van der Waals surface area contributed by atoms with Crippen LogP contribution in [-0.4, -0.2) is 54.6 Å². The molecule has 23 heavy (non-hydrogen) atoms. The molecule has 0 aliphatic rings. The van der Waals surface area contributed by atoms with Gasteiger partial charge in [0.05, 0.1) is 0 Å². The van der Waals surface area contributed by atoms with Gasteiger partial charge in [0.1, 0.15) is 11.8 Å². The monoisotopic (exact) mass is 342 g/mol. The van der Waals surface area contributed by atoms with Crippen LogP contribution in [0, 0.1) is 0 Å². The first kappa shape index (κ1) is 19.1. The van der Waals surface area contributed by atoms with Crippen molar-refractivity contribution in [3.05, 3.63) is 35.9 Å². The Kier molecular flexibility index (Phi) is 7.18. The maximum atomic E-state index is 12.0. The quantitative estimate of drug-likeness (QED) is 0.679. The molecule has 7 nitrogen and oxygen atoms in total. The smallest absolute Gasteiger partial charge is 0.326 e. The van der Waals surface area contributed by atoms with E-state index in [9.17, 15) is 23.1 Å². The van der Waals surface area contributed by atoms with Crippen molar-refractivity contribution in [3.8, 4) is 0 Å². The molecule has 0 aromatic heterocycles. The summed E-state index contributed by atoms with van der Waals surface area (Å²) in [7, 11) is -3.74. The molecule has 1 amide bonds. The van der Waals surface area contributed by atoms with Crippen molar-refractivity contribution in [1.82, 2.24) is 9.62 Å². The van der Waals surface area contributed by atoms with Crippen molar-refractivity contribution in [1.29, 1.82) is 0 Å². The number of nitrogens with zero attached hydrogens (tertiary/aromatic N) is 1. The second kappa shape index (κ2) is 8.64. The Labute approximate surface area is 136 Å². The average molecular weight is 342 g/mol. The molecule has 0 fully saturated rings. The van der Waals surface area contributed by atoms with Crippen LogP contribution in [0.3, 0.4) is 0 Å². The van der Waals surface area contributed by atoms with E-state index in [4.69, 9.17) is 0 Å². The lowest BCUT2D eigenvalue weighted by atomic mass is 10.1. The molecule has 0 spiro atoms. The summed E-state index contributed by atoms with van der Waals surface area (Å²) in [5.74, 6) is -2.78. The highest BCUT2D eigenvalue weighted by Crippen LogP contribution is 2.05. The van der Waals surface area contributed by atoms with Crippen LogP contribution in [0.15, 0.2) is 30.3 Å². The van der Waals surface area contributed by atoms with E-state index in [0.717, 1.165) is 5.56 Å². The minimum Gasteiger partial charge on any atom is -0.480 e. The van der Waals surface area contributed by atoms with Gasteiger partial charge in [-0.3, -0.25) is 4.79 Å². The number of hydrogen-bond acceptors (Lipinski definition) is 4. The summed E-state index contributed by atoms with van der Waals surface area (Å²) in [4.78, 5) is 23.2. The highest BCUT2D eigenvalue weighted by Gasteiger charge is 2.26. The van der Waals surface area contributed by atoms with Crippen LogP contribution in [0.4, 0.5) is 0 Å². The number of carbonyl (C=O) groups is 2. The van der Waals surface area contributed by atoms with Crippen LogP contribution in [0.5, 0.6) is 0 Å². The maximum Gasteiger partial charge on any atom is 0.326 e. The Hall–Kier alpha value is -1.93. The number of carboxylic acid groups (broad SMARTS) is 1. The molecule has 0 saturated heterocycles. The van der Waals surface area contributed by atoms with Gasteiger partial charge in [-0.15, -0.1) is 0 Å². The predicted octanol–water partition coefficient (Wildman–Crippen LogP) is 0.470. The minimum atomic E-state index is -3.74. The molecule has 1 aromatic carbocycles. The molecule has 0 aliphatic carbocycles. The number of benzene rings is 1. The van der Waals surface area contributed by atoms with Crippen molar-refractivity contribution < 1.29 is 23.1 Å². The predicted molar refractivity (Wildman–Crippen MR) is 86.4 cm³/mol. The number of sulfonamides is 1. The molecule has 0 bridgehead atoms. The highest BCUT2D eigenvalue weighted by molar-refractivity contribution is 7.89. The second-order valence-corrected chi connectivity index (χ2v) is 6.96. The third-order valence-electron chi connectivity index (χ3n) is 3.33. The van der Waals surface area contributed by atoms with Gasteiger partial charge >= 0.3 is 5.97 Å². The van der Waals surface area contributed by atoms with Crippen LogP contribution in [-0.2, 0) is 26.0 Å².